The number of carboxylic acids is 1. The lowest BCUT2D eigenvalue weighted by molar-refractivity contribution is -0.136. The molecular formula is C16H30N2O4. The van der Waals surface area contributed by atoms with Gasteiger partial charge in [0.15, 0.2) is 0 Å². The quantitative estimate of drug-likeness (QED) is 0.788. The Morgan fingerprint density at radius 2 is 2.05 bits per heavy atom. The standard InChI is InChI=1S/C16H30N2O4/c1-12(17-9-8-14(19)20)11-13-7-5-6-10-18(13)15(21)22-16(2,3)4/h12-13,17H,5-11H2,1-4H3,(H,19,20). The summed E-state index contributed by atoms with van der Waals surface area (Å²) in [5.41, 5.74) is -0.482. The van der Waals surface area contributed by atoms with E-state index in [1.54, 1.807) is 0 Å². The Balaban J connectivity index is 2.50. The first-order valence-electron chi connectivity index (χ1n) is 8.14. The molecular weight excluding hydrogens is 284 g/mol. The first-order valence-corrected chi connectivity index (χ1v) is 8.14. The van der Waals surface area contributed by atoms with E-state index in [1.807, 2.05) is 32.6 Å². The molecule has 0 radical (unpaired) electrons. The average molecular weight is 314 g/mol. The lowest BCUT2D eigenvalue weighted by Gasteiger charge is -2.38. The molecule has 1 aliphatic heterocycles. The summed E-state index contributed by atoms with van der Waals surface area (Å²) in [6, 6.07) is 0.336. The fourth-order valence-corrected chi connectivity index (χ4v) is 2.72. The van der Waals surface area contributed by atoms with Crippen molar-refractivity contribution in [3.63, 3.8) is 0 Å². The lowest BCUT2D eigenvalue weighted by atomic mass is 9.96. The van der Waals surface area contributed by atoms with E-state index in [0.717, 1.165) is 32.2 Å². The predicted molar refractivity (Wildman–Crippen MR) is 84.9 cm³/mol. The van der Waals surface area contributed by atoms with Gasteiger partial charge in [0.05, 0.1) is 6.42 Å². The fourth-order valence-electron chi connectivity index (χ4n) is 2.72. The molecule has 6 heteroatoms. The maximum Gasteiger partial charge on any atom is 0.410 e. The highest BCUT2D eigenvalue weighted by Gasteiger charge is 2.31. The highest BCUT2D eigenvalue weighted by atomic mass is 16.6. The second-order valence-electron chi connectivity index (χ2n) is 7.06. The number of piperidine rings is 1. The number of nitrogens with one attached hydrogen (secondary N) is 1. The zero-order chi connectivity index (χ0) is 16.8. The van der Waals surface area contributed by atoms with Gasteiger partial charge in [0, 0.05) is 25.2 Å². The summed E-state index contributed by atoms with van der Waals surface area (Å²) in [5, 5.41) is 11.9. The molecule has 1 rings (SSSR count). The first-order chi connectivity index (χ1) is 10.2. The number of aliphatic carboxylic acids is 1. The van der Waals surface area contributed by atoms with Crippen molar-refractivity contribution in [2.24, 2.45) is 0 Å². The van der Waals surface area contributed by atoms with Crippen molar-refractivity contribution in [1.82, 2.24) is 10.2 Å². The molecule has 0 aliphatic carbocycles. The number of carbonyl (C=O) groups excluding carboxylic acids is 1. The van der Waals surface area contributed by atoms with Crippen LogP contribution in [0.1, 0.15) is 59.8 Å². The maximum atomic E-state index is 12.3. The predicted octanol–water partition coefficient (Wildman–Crippen LogP) is 2.62. The van der Waals surface area contributed by atoms with E-state index in [1.165, 1.54) is 0 Å². The normalized spacial score (nSPS) is 20.5. The van der Waals surface area contributed by atoms with Crippen molar-refractivity contribution in [3.05, 3.63) is 0 Å². The number of rotatable bonds is 6. The average Bonchev–Trinajstić information content (AvgIpc) is 2.36. The van der Waals surface area contributed by atoms with Crippen LogP contribution in [0, 0.1) is 0 Å². The molecule has 0 saturated carbocycles. The summed E-state index contributed by atoms with van der Waals surface area (Å²) < 4.78 is 5.49. The molecule has 2 atom stereocenters. The third-order valence-corrected chi connectivity index (χ3v) is 3.71. The number of hydrogen-bond donors (Lipinski definition) is 2. The molecule has 128 valence electrons. The lowest BCUT2D eigenvalue weighted by Crippen LogP contribution is -2.48. The second kappa shape index (κ2) is 8.36. The van der Waals surface area contributed by atoms with Gasteiger partial charge in [0.1, 0.15) is 5.60 Å². The molecule has 6 nitrogen and oxygen atoms in total. The van der Waals surface area contributed by atoms with Gasteiger partial charge in [-0.25, -0.2) is 4.79 Å². The number of ether oxygens (including phenoxy) is 1. The monoisotopic (exact) mass is 314 g/mol. The Labute approximate surface area is 133 Å². The van der Waals surface area contributed by atoms with Crippen LogP contribution in [-0.2, 0) is 9.53 Å². The van der Waals surface area contributed by atoms with E-state index < -0.39 is 11.6 Å². The third-order valence-electron chi connectivity index (χ3n) is 3.71. The van der Waals surface area contributed by atoms with Gasteiger partial charge in [0.2, 0.25) is 0 Å². The van der Waals surface area contributed by atoms with E-state index >= 15 is 0 Å². The second-order valence-corrected chi connectivity index (χ2v) is 7.06. The van der Waals surface area contributed by atoms with Gasteiger partial charge in [-0.15, -0.1) is 0 Å². The third kappa shape index (κ3) is 7.11. The van der Waals surface area contributed by atoms with Gasteiger partial charge < -0.3 is 20.1 Å². The van der Waals surface area contributed by atoms with Gasteiger partial charge in [0.25, 0.3) is 0 Å². The smallest absolute Gasteiger partial charge is 0.410 e. The molecule has 0 aromatic heterocycles. The zero-order valence-electron chi connectivity index (χ0n) is 14.2. The zero-order valence-corrected chi connectivity index (χ0v) is 14.2. The van der Waals surface area contributed by atoms with Crippen molar-refractivity contribution in [2.75, 3.05) is 13.1 Å². The molecule has 2 N–H and O–H groups in total. The van der Waals surface area contributed by atoms with Gasteiger partial charge >= 0.3 is 12.1 Å². The van der Waals surface area contributed by atoms with E-state index in [2.05, 4.69) is 5.32 Å². The van der Waals surface area contributed by atoms with Crippen LogP contribution in [0.5, 0.6) is 0 Å². The molecule has 1 fully saturated rings. The number of likely N-dealkylation sites (tertiary alicyclic amines) is 1. The number of carboxylic acid groups (broad SMARTS) is 1. The highest BCUT2D eigenvalue weighted by Crippen LogP contribution is 2.23. The summed E-state index contributed by atoms with van der Waals surface area (Å²) >= 11 is 0. The Bertz CT molecular complexity index is 379. The fraction of sp³-hybridized carbons (Fsp3) is 0.875. The number of amides is 1. The van der Waals surface area contributed by atoms with Crippen molar-refractivity contribution < 1.29 is 19.4 Å². The van der Waals surface area contributed by atoms with Crippen LogP contribution >= 0.6 is 0 Å². The minimum absolute atomic E-state index is 0.116. The van der Waals surface area contributed by atoms with Crippen LogP contribution < -0.4 is 5.32 Å². The van der Waals surface area contributed by atoms with Gasteiger partial charge in [-0.05, 0) is 53.4 Å². The topological polar surface area (TPSA) is 78.9 Å². The molecule has 22 heavy (non-hydrogen) atoms. The molecule has 1 heterocycles. The molecule has 0 bridgehead atoms. The molecule has 1 aliphatic rings. The Hall–Kier alpha value is -1.30. The Morgan fingerprint density at radius 3 is 2.64 bits per heavy atom. The largest absolute Gasteiger partial charge is 0.481 e. The summed E-state index contributed by atoms with van der Waals surface area (Å²) in [6.07, 6.45) is 3.80. The number of nitrogens with zero attached hydrogens (tertiary/aromatic N) is 1. The van der Waals surface area contributed by atoms with E-state index in [4.69, 9.17) is 9.84 Å². The van der Waals surface area contributed by atoms with Gasteiger partial charge in [-0.1, -0.05) is 0 Å². The van der Waals surface area contributed by atoms with E-state index in [0.29, 0.717) is 6.54 Å². The van der Waals surface area contributed by atoms with Crippen LogP contribution in [0.25, 0.3) is 0 Å². The molecule has 2 unspecified atom stereocenters. The summed E-state index contributed by atoms with van der Waals surface area (Å²) in [6.45, 7) is 8.85. The van der Waals surface area contributed by atoms with E-state index in [9.17, 15) is 9.59 Å². The minimum atomic E-state index is -0.798. The Morgan fingerprint density at radius 1 is 1.36 bits per heavy atom. The molecule has 0 aromatic carbocycles. The summed E-state index contributed by atoms with van der Waals surface area (Å²) in [4.78, 5) is 24.7. The number of hydrogen-bond acceptors (Lipinski definition) is 4. The minimum Gasteiger partial charge on any atom is -0.481 e. The SMILES string of the molecule is CC(CC1CCCCN1C(=O)OC(C)(C)C)NCCC(=O)O. The molecule has 1 saturated heterocycles. The van der Waals surface area contributed by atoms with Crippen molar-refractivity contribution in [1.29, 1.82) is 0 Å². The van der Waals surface area contributed by atoms with Crippen LogP contribution in [0.4, 0.5) is 4.79 Å². The van der Waals surface area contributed by atoms with E-state index in [-0.39, 0.29) is 24.6 Å². The number of carbonyl (C=O) groups is 2. The Kier molecular flexibility index (Phi) is 7.13. The highest BCUT2D eigenvalue weighted by molar-refractivity contribution is 5.68. The van der Waals surface area contributed by atoms with Crippen molar-refractivity contribution in [3.8, 4) is 0 Å². The van der Waals surface area contributed by atoms with Crippen LogP contribution in [0.2, 0.25) is 0 Å². The maximum absolute atomic E-state index is 12.3. The molecule has 0 aromatic rings. The summed E-state index contributed by atoms with van der Waals surface area (Å²) in [7, 11) is 0. The molecule has 0 spiro atoms. The summed E-state index contributed by atoms with van der Waals surface area (Å²) in [5.74, 6) is -0.798. The van der Waals surface area contributed by atoms with Gasteiger partial charge in [-0.2, -0.15) is 0 Å². The van der Waals surface area contributed by atoms with Crippen molar-refractivity contribution >= 4 is 12.1 Å². The van der Waals surface area contributed by atoms with Gasteiger partial charge in [-0.3, -0.25) is 4.79 Å². The van der Waals surface area contributed by atoms with Crippen molar-refractivity contribution in [2.45, 2.75) is 77.5 Å². The first kappa shape index (κ1) is 18.7. The van der Waals surface area contributed by atoms with Crippen LogP contribution in [0.3, 0.4) is 0 Å². The van der Waals surface area contributed by atoms with Crippen LogP contribution in [-0.4, -0.2) is 52.8 Å². The van der Waals surface area contributed by atoms with Crippen LogP contribution in [0.15, 0.2) is 0 Å². The molecule has 1 amide bonds.